The molecule has 0 saturated heterocycles. The second-order valence-electron chi connectivity index (χ2n) is 6.45. The Morgan fingerprint density at radius 2 is 1.54 bits per heavy atom. The lowest BCUT2D eigenvalue weighted by atomic mass is 9.87. The summed E-state index contributed by atoms with van der Waals surface area (Å²) in [7, 11) is -0.675. The van der Waals surface area contributed by atoms with E-state index in [1.807, 2.05) is 6.07 Å². The second-order valence-corrected chi connectivity index (χ2v) is 8.13. The molecule has 24 heavy (non-hydrogen) atoms. The van der Waals surface area contributed by atoms with Gasteiger partial charge in [0.15, 0.2) is 0 Å². The van der Waals surface area contributed by atoms with Crippen molar-refractivity contribution in [1.29, 1.82) is 0 Å². The third-order valence-electron chi connectivity index (χ3n) is 3.68. The molecule has 0 atom stereocenters. The highest BCUT2D eigenvalue weighted by Gasteiger charge is 2.20. The summed E-state index contributed by atoms with van der Waals surface area (Å²) in [6.07, 6.45) is 0. The van der Waals surface area contributed by atoms with Gasteiger partial charge in [-0.1, -0.05) is 26.8 Å². The van der Waals surface area contributed by atoms with E-state index in [-0.39, 0.29) is 10.3 Å². The number of hydrogen-bond acceptors (Lipinski definition) is 4. The van der Waals surface area contributed by atoms with Gasteiger partial charge in [0.2, 0.25) is 0 Å². The standard InChI is InChI=1S/C18H23NO4S/c1-18(2,3)13-6-11-17(23-5)16(12-13)19-24(20,21)15-9-7-14(22-4)8-10-15/h6-12,19H,1-5H3. The largest absolute Gasteiger partial charge is 0.497 e. The summed E-state index contributed by atoms with van der Waals surface area (Å²) in [5.41, 5.74) is 1.32. The molecule has 0 saturated carbocycles. The maximum Gasteiger partial charge on any atom is 0.262 e. The smallest absolute Gasteiger partial charge is 0.262 e. The van der Waals surface area contributed by atoms with Gasteiger partial charge in [0, 0.05) is 0 Å². The molecule has 5 nitrogen and oxygen atoms in total. The van der Waals surface area contributed by atoms with Crippen molar-refractivity contribution in [3.05, 3.63) is 48.0 Å². The van der Waals surface area contributed by atoms with Crippen molar-refractivity contribution in [2.75, 3.05) is 18.9 Å². The predicted molar refractivity (Wildman–Crippen MR) is 95.5 cm³/mol. The molecule has 0 radical (unpaired) electrons. The van der Waals surface area contributed by atoms with E-state index >= 15 is 0 Å². The Kier molecular flexibility index (Phi) is 5.08. The van der Waals surface area contributed by atoms with Crippen LogP contribution in [0.2, 0.25) is 0 Å². The molecule has 0 heterocycles. The summed E-state index contributed by atoms with van der Waals surface area (Å²) in [5.74, 6) is 1.07. The topological polar surface area (TPSA) is 64.6 Å². The highest BCUT2D eigenvalue weighted by Crippen LogP contribution is 2.33. The summed E-state index contributed by atoms with van der Waals surface area (Å²) in [4.78, 5) is 0.159. The molecule has 2 aromatic rings. The Morgan fingerprint density at radius 3 is 2.04 bits per heavy atom. The lowest BCUT2D eigenvalue weighted by molar-refractivity contribution is 0.414. The molecule has 6 heteroatoms. The number of hydrogen-bond donors (Lipinski definition) is 1. The third-order valence-corrected chi connectivity index (χ3v) is 5.06. The van der Waals surface area contributed by atoms with Crippen LogP contribution in [0.15, 0.2) is 47.4 Å². The van der Waals surface area contributed by atoms with Gasteiger partial charge in [-0.25, -0.2) is 8.42 Å². The molecule has 0 fully saturated rings. The van der Waals surface area contributed by atoms with Gasteiger partial charge in [0.1, 0.15) is 11.5 Å². The minimum atomic E-state index is -3.72. The second kappa shape index (κ2) is 6.73. The zero-order valence-corrected chi connectivity index (χ0v) is 15.4. The lowest BCUT2D eigenvalue weighted by Gasteiger charge is -2.21. The van der Waals surface area contributed by atoms with Crippen LogP contribution in [0.3, 0.4) is 0 Å². The van der Waals surface area contributed by atoms with Crippen molar-refractivity contribution < 1.29 is 17.9 Å². The summed E-state index contributed by atoms with van der Waals surface area (Å²) < 4.78 is 38.2. The average Bonchev–Trinajstić information content (AvgIpc) is 2.53. The summed E-state index contributed by atoms with van der Waals surface area (Å²) >= 11 is 0. The van der Waals surface area contributed by atoms with Crippen molar-refractivity contribution in [3.8, 4) is 11.5 Å². The fourth-order valence-corrected chi connectivity index (χ4v) is 3.27. The van der Waals surface area contributed by atoms with Crippen LogP contribution in [0.25, 0.3) is 0 Å². The van der Waals surface area contributed by atoms with E-state index in [9.17, 15) is 8.42 Å². The Hall–Kier alpha value is -2.21. The van der Waals surface area contributed by atoms with Gasteiger partial charge >= 0.3 is 0 Å². The maximum absolute atomic E-state index is 12.6. The first-order chi connectivity index (χ1) is 11.2. The van der Waals surface area contributed by atoms with Crippen LogP contribution < -0.4 is 14.2 Å². The summed E-state index contributed by atoms with van der Waals surface area (Å²) in [6.45, 7) is 6.20. The molecule has 2 aromatic carbocycles. The van der Waals surface area contributed by atoms with Crippen LogP contribution in [0.5, 0.6) is 11.5 Å². The number of sulfonamides is 1. The number of methoxy groups -OCH3 is 2. The Balaban J connectivity index is 2.40. The molecule has 1 N–H and O–H groups in total. The van der Waals surface area contributed by atoms with E-state index in [1.165, 1.54) is 26.4 Å². The molecule has 0 unspecified atom stereocenters. The van der Waals surface area contributed by atoms with Gasteiger partial charge in [0.05, 0.1) is 24.8 Å². The van der Waals surface area contributed by atoms with E-state index in [0.29, 0.717) is 17.2 Å². The number of ether oxygens (including phenoxy) is 2. The van der Waals surface area contributed by atoms with Gasteiger partial charge in [0.25, 0.3) is 10.0 Å². The lowest BCUT2D eigenvalue weighted by Crippen LogP contribution is -2.16. The van der Waals surface area contributed by atoms with E-state index in [1.54, 1.807) is 24.3 Å². The zero-order valence-electron chi connectivity index (χ0n) is 14.6. The van der Waals surface area contributed by atoms with Crippen molar-refractivity contribution in [1.82, 2.24) is 0 Å². The number of rotatable bonds is 5. The Labute approximate surface area is 143 Å². The van der Waals surface area contributed by atoms with Gasteiger partial charge < -0.3 is 9.47 Å². The highest BCUT2D eigenvalue weighted by molar-refractivity contribution is 7.92. The molecule has 0 aromatic heterocycles. The molecule has 0 aliphatic carbocycles. The fraction of sp³-hybridized carbons (Fsp3) is 0.333. The van der Waals surface area contributed by atoms with E-state index in [0.717, 1.165) is 5.56 Å². The molecule has 0 spiro atoms. The minimum absolute atomic E-state index is 0.105. The first-order valence-corrected chi connectivity index (χ1v) is 9.01. The molecule has 130 valence electrons. The van der Waals surface area contributed by atoms with Crippen LogP contribution >= 0.6 is 0 Å². The minimum Gasteiger partial charge on any atom is -0.497 e. The monoisotopic (exact) mass is 349 g/mol. The highest BCUT2D eigenvalue weighted by atomic mass is 32.2. The third kappa shape index (κ3) is 4.00. The van der Waals surface area contributed by atoms with E-state index < -0.39 is 10.0 Å². The maximum atomic E-state index is 12.6. The van der Waals surface area contributed by atoms with Crippen LogP contribution in [-0.4, -0.2) is 22.6 Å². The summed E-state index contributed by atoms with van der Waals surface area (Å²) in [5, 5.41) is 0. The Bertz CT molecular complexity index is 806. The first kappa shape index (κ1) is 18.1. The quantitative estimate of drug-likeness (QED) is 0.892. The van der Waals surface area contributed by atoms with Crippen LogP contribution in [0.1, 0.15) is 26.3 Å². The van der Waals surface area contributed by atoms with Crippen LogP contribution in [-0.2, 0) is 15.4 Å². The molecule has 0 bridgehead atoms. The average molecular weight is 349 g/mol. The molecular formula is C18H23NO4S. The van der Waals surface area contributed by atoms with Crippen molar-refractivity contribution in [2.45, 2.75) is 31.1 Å². The van der Waals surface area contributed by atoms with Crippen LogP contribution in [0.4, 0.5) is 5.69 Å². The van der Waals surface area contributed by atoms with Crippen molar-refractivity contribution in [2.24, 2.45) is 0 Å². The van der Waals surface area contributed by atoms with Gasteiger partial charge in [-0.3, -0.25) is 4.72 Å². The van der Waals surface area contributed by atoms with E-state index in [2.05, 4.69) is 25.5 Å². The Morgan fingerprint density at radius 1 is 0.917 bits per heavy atom. The van der Waals surface area contributed by atoms with Crippen molar-refractivity contribution in [3.63, 3.8) is 0 Å². The van der Waals surface area contributed by atoms with Gasteiger partial charge in [-0.2, -0.15) is 0 Å². The molecule has 0 aliphatic rings. The zero-order chi connectivity index (χ0) is 18.0. The molecule has 2 rings (SSSR count). The number of nitrogens with one attached hydrogen (secondary N) is 1. The molecule has 0 aliphatic heterocycles. The van der Waals surface area contributed by atoms with E-state index in [4.69, 9.17) is 9.47 Å². The van der Waals surface area contributed by atoms with Gasteiger partial charge in [-0.15, -0.1) is 0 Å². The summed E-state index contributed by atoms with van der Waals surface area (Å²) in [6, 6.07) is 11.7. The normalized spacial score (nSPS) is 11.9. The number of anilines is 1. The molecule has 0 amide bonds. The fourth-order valence-electron chi connectivity index (χ4n) is 2.21. The van der Waals surface area contributed by atoms with Crippen LogP contribution in [0, 0.1) is 0 Å². The molecular weight excluding hydrogens is 326 g/mol. The first-order valence-electron chi connectivity index (χ1n) is 7.53. The van der Waals surface area contributed by atoms with Crippen molar-refractivity contribution >= 4 is 15.7 Å². The van der Waals surface area contributed by atoms with Gasteiger partial charge in [-0.05, 0) is 47.4 Å². The number of benzene rings is 2. The predicted octanol–water partition coefficient (Wildman–Crippen LogP) is 3.80. The SMILES string of the molecule is COc1ccc(S(=O)(=O)Nc2cc(C(C)(C)C)ccc2OC)cc1.